The van der Waals surface area contributed by atoms with Crippen LogP contribution in [-0.2, 0) is 20.8 Å². The number of Topliss-reactive ketones (excluding diaryl/α,β-unsaturated/α-hetero) is 2. The molecule has 0 saturated heterocycles. The number of nitrogens with zero attached hydrogens (tertiary/aromatic N) is 1. The molecule has 2 aliphatic carbocycles. The van der Waals surface area contributed by atoms with Crippen molar-refractivity contribution in [1.82, 2.24) is 4.90 Å². The molecular formula is C21H22N2O8. The van der Waals surface area contributed by atoms with Gasteiger partial charge < -0.3 is 26.2 Å². The molecule has 0 radical (unpaired) electrons. The number of aliphatic hydroxyl groups is 2. The Balaban J connectivity index is 2.14. The summed E-state index contributed by atoms with van der Waals surface area (Å²) in [5.74, 6) is -6.48. The summed E-state index contributed by atoms with van der Waals surface area (Å²) in [5, 5.41) is 41.4. The van der Waals surface area contributed by atoms with E-state index in [0.29, 0.717) is 5.56 Å². The number of hydrogen-bond donors (Lipinski definition) is 5. The van der Waals surface area contributed by atoms with E-state index in [0.717, 1.165) is 0 Å². The largest absolute Gasteiger partial charge is 0.510 e. The van der Waals surface area contributed by atoms with E-state index in [-0.39, 0.29) is 23.3 Å². The summed E-state index contributed by atoms with van der Waals surface area (Å²) in [6, 6.07) is 3.24. The van der Waals surface area contributed by atoms with Gasteiger partial charge in [0, 0.05) is 12.3 Å². The summed E-state index contributed by atoms with van der Waals surface area (Å²) in [4.78, 5) is 50.3. The van der Waals surface area contributed by atoms with Gasteiger partial charge in [-0.25, -0.2) is 4.79 Å². The topological polar surface area (TPSA) is 178 Å². The maximum Gasteiger partial charge on any atom is 0.339 e. The molecule has 31 heavy (non-hydrogen) atoms. The predicted molar refractivity (Wildman–Crippen MR) is 106 cm³/mol. The van der Waals surface area contributed by atoms with Gasteiger partial charge in [-0.3, -0.25) is 19.3 Å². The molecule has 10 nitrogen and oxygen atoms in total. The minimum Gasteiger partial charge on any atom is -0.510 e. The number of carboxylic acids is 1. The minimum atomic E-state index is -1.61. The molecule has 0 aliphatic heterocycles. The average molecular weight is 430 g/mol. The van der Waals surface area contributed by atoms with Crippen LogP contribution in [0.15, 0.2) is 40.7 Å². The number of amides is 1. The Labute approximate surface area is 176 Å². The number of carboxylic acid groups (broad SMARTS) is 1. The number of carbonyl (C=O) groups excluding carboxylic acids is 3. The number of phenols is 1. The van der Waals surface area contributed by atoms with Crippen molar-refractivity contribution in [3.05, 3.63) is 51.8 Å². The molecule has 0 spiro atoms. The molecule has 0 aromatic heterocycles. The standard InChI is InChI=1S/C21H22N2O8/c1-23(2)16-10(7-12(25)15(19(16)28)20(22)29)17(26)9-6-8-4-3-5-11(24)13(8)18(27)14(9)21(30)31/h3-5,10,16-17,24,26,28H,6-7H2,1-2H3,(H2,22,29)(H,30,31)/t10-,16+,17+/m1/s1. The van der Waals surface area contributed by atoms with Crippen LogP contribution in [0.2, 0.25) is 0 Å². The molecule has 1 aromatic carbocycles. The lowest BCUT2D eigenvalue weighted by atomic mass is 9.73. The van der Waals surface area contributed by atoms with Gasteiger partial charge in [-0.05, 0) is 37.7 Å². The first-order valence-electron chi connectivity index (χ1n) is 9.39. The SMILES string of the molecule is CN(C)[C@@H]1C(O)=C(C(N)=O)C(=O)C[C@H]1[C@@H](O)C1=C(C(=O)O)C(=O)c2c(O)cccc2C1. The average Bonchev–Trinajstić information content (AvgIpc) is 2.65. The molecule has 1 aromatic rings. The van der Waals surface area contributed by atoms with Gasteiger partial charge in [0.05, 0.1) is 17.7 Å². The van der Waals surface area contributed by atoms with Gasteiger partial charge in [0.15, 0.2) is 5.78 Å². The van der Waals surface area contributed by atoms with Crippen molar-refractivity contribution in [3.63, 3.8) is 0 Å². The lowest BCUT2D eigenvalue weighted by molar-refractivity contribution is -0.132. The monoisotopic (exact) mass is 430 g/mol. The highest BCUT2D eigenvalue weighted by Gasteiger charge is 2.46. The second kappa shape index (κ2) is 7.97. The van der Waals surface area contributed by atoms with Gasteiger partial charge in [0.25, 0.3) is 5.91 Å². The molecule has 3 atom stereocenters. The lowest BCUT2D eigenvalue weighted by Crippen LogP contribution is -2.49. The van der Waals surface area contributed by atoms with Crippen molar-refractivity contribution >= 4 is 23.4 Å². The van der Waals surface area contributed by atoms with Gasteiger partial charge in [0.1, 0.15) is 22.7 Å². The predicted octanol–water partition coefficient (Wildman–Crippen LogP) is -0.310. The number of phenolic OH excluding ortho intramolecular Hbond substituents is 1. The van der Waals surface area contributed by atoms with Gasteiger partial charge >= 0.3 is 5.97 Å². The van der Waals surface area contributed by atoms with E-state index in [9.17, 15) is 39.6 Å². The van der Waals surface area contributed by atoms with Gasteiger partial charge in [-0.2, -0.15) is 0 Å². The Kier molecular flexibility index (Phi) is 5.70. The van der Waals surface area contributed by atoms with E-state index in [2.05, 4.69) is 0 Å². The number of aromatic hydroxyl groups is 1. The summed E-state index contributed by atoms with van der Waals surface area (Å²) >= 11 is 0. The molecule has 164 valence electrons. The number of nitrogens with two attached hydrogens (primary N) is 1. The number of rotatable bonds is 5. The first-order chi connectivity index (χ1) is 14.5. The van der Waals surface area contributed by atoms with E-state index in [1.807, 2.05) is 0 Å². The molecular weight excluding hydrogens is 408 g/mol. The van der Waals surface area contributed by atoms with Crippen molar-refractivity contribution in [3.8, 4) is 5.75 Å². The highest BCUT2D eigenvalue weighted by molar-refractivity contribution is 6.26. The van der Waals surface area contributed by atoms with Crippen LogP contribution in [0.25, 0.3) is 0 Å². The van der Waals surface area contributed by atoms with Crippen molar-refractivity contribution in [1.29, 1.82) is 0 Å². The summed E-state index contributed by atoms with van der Waals surface area (Å²) < 4.78 is 0. The molecule has 0 bridgehead atoms. The van der Waals surface area contributed by atoms with Gasteiger partial charge in [0.2, 0.25) is 5.78 Å². The maximum absolute atomic E-state index is 12.9. The fourth-order valence-corrected chi connectivity index (χ4v) is 4.40. The Morgan fingerprint density at radius 3 is 2.35 bits per heavy atom. The van der Waals surface area contributed by atoms with Crippen LogP contribution in [-0.4, -0.2) is 75.0 Å². The number of fused-ring (bicyclic) bond motifs is 1. The second-order valence-electron chi connectivity index (χ2n) is 7.79. The minimum absolute atomic E-state index is 0.143. The first-order valence-corrected chi connectivity index (χ1v) is 9.39. The molecule has 0 unspecified atom stereocenters. The number of likely N-dealkylation sites (N-methyl/N-ethyl adjacent to an activating group) is 1. The van der Waals surface area contributed by atoms with E-state index in [1.54, 1.807) is 14.1 Å². The molecule has 0 heterocycles. The zero-order valence-corrected chi connectivity index (χ0v) is 16.8. The highest BCUT2D eigenvalue weighted by Crippen LogP contribution is 2.39. The van der Waals surface area contributed by atoms with Crippen LogP contribution < -0.4 is 5.73 Å². The van der Waals surface area contributed by atoms with Crippen molar-refractivity contribution < 1.29 is 39.6 Å². The zero-order chi connectivity index (χ0) is 23.2. The van der Waals surface area contributed by atoms with E-state index in [1.165, 1.54) is 23.1 Å². The third-order valence-electron chi connectivity index (χ3n) is 5.71. The quantitative estimate of drug-likeness (QED) is 0.392. The maximum atomic E-state index is 12.9. The Morgan fingerprint density at radius 1 is 1.16 bits per heavy atom. The Bertz CT molecular complexity index is 1070. The summed E-state index contributed by atoms with van der Waals surface area (Å²) in [6.07, 6.45) is -2.17. The first kappa shape index (κ1) is 22.2. The third kappa shape index (κ3) is 3.60. The number of carbonyl (C=O) groups is 4. The number of primary amides is 1. The fourth-order valence-electron chi connectivity index (χ4n) is 4.40. The summed E-state index contributed by atoms with van der Waals surface area (Å²) in [7, 11) is 3.09. The fraction of sp³-hybridized carbons (Fsp3) is 0.333. The smallest absolute Gasteiger partial charge is 0.339 e. The molecule has 3 rings (SSSR count). The third-order valence-corrected chi connectivity index (χ3v) is 5.71. The van der Waals surface area contributed by atoms with Gasteiger partial charge in [-0.15, -0.1) is 0 Å². The van der Waals surface area contributed by atoms with Crippen LogP contribution in [0.4, 0.5) is 0 Å². The van der Waals surface area contributed by atoms with Crippen molar-refractivity contribution in [2.24, 2.45) is 11.7 Å². The van der Waals surface area contributed by atoms with E-state index >= 15 is 0 Å². The molecule has 1 amide bonds. The molecule has 10 heteroatoms. The van der Waals surface area contributed by atoms with Crippen LogP contribution in [0, 0.1) is 5.92 Å². The summed E-state index contributed by atoms with van der Waals surface area (Å²) in [5.41, 5.74) is 3.97. The van der Waals surface area contributed by atoms with Crippen molar-refractivity contribution in [2.75, 3.05) is 14.1 Å². The Morgan fingerprint density at radius 2 is 1.81 bits per heavy atom. The summed E-state index contributed by atoms with van der Waals surface area (Å²) in [6.45, 7) is 0. The number of aliphatic hydroxyl groups excluding tert-OH is 2. The number of aliphatic carboxylic acids is 1. The lowest BCUT2D eigenvalue weighted by Gasteiger charge is -2.39. The molecule has 2 aliphatic rings. The zero-order valence-electron chi connectivity index (χ0n) is 16.8. The normalized spacial score (nSPS) is 22.6. The Hall–Kier alpha value is -3.50. The second-order valence-corrected chi connectivity index (χ2v) is 7.79. The van der Waals surface area contributed by atoms with Crippen molar-refractivity contribution in [2.45, 2.75) is 25.0 Å². The van der Waals surface area contributed by atoms with E-state index in [4.69, 9.17) is 5.73 Å². The highest BCUT2D eigenvalue weighted by atomic mass is 16.4. The number of hydrogen-bond acceptors (Lipinski definition) is 8. The number of benzene rings is 1. The number of ketones is 2. The molecule has 6 N–H and O–H groups in total. The van der Waals surface area contributed by atoms with Crippen LogP contribution in [0.3, 0.4) is 0 Å². The van der Waals surface area contributed by atoms with E-state index < -0.39 is 64.8 Å². The van der Waals surface area contributed by atoms with Gasteiger partial charge in [-0.1, -0.05) is 12.1 Å². The molecule has 0 saturated carbocycles. The van der Waals surface area contributed by atoms with Crippen LogP contribution in [0.1, 0.15) is 22.3 Å². The molecule has 0 fully saturated rings. The van der Waals surface area contributed by atoms with Crippen LogP contribution in [0.5, 0.6) is 5.75 Å². The van der Waals surface area contributed by atoms with Crippen LogP contribution >= 0.6 is 0 Å².